The average molecular weight is 290 g/mol. The summed E-state index contributed by atoms with van der Waals surface area (Å²) in [7, 11) is 0. The van der Waals surface area contributed by atoms with Gasteiger partial charge in [-0.25, -0.2) is 0 Å². The highest BCUT2D eigenvalue weighted by Gasteiger charge is 2.32. The van der Waals surface area contributed by atoms with Gasteiger partial charge in [0.05, 0.1) is 0 Å². The number of hydrogen-bond acceptors (Lipinski definition) is 3. The molecular formula is C16H22N2OS. The van der Waals surface area contributed by atoms with Crippen molar-refractivity contribution in [3.63, 3.8) is 0 Å². The zero-order valence-corrected chi connectivity index (χ0v) is 12.8. The Balaban J connectivity index is 1.66. The molecule has 0 aliphatic carbocycles. The van der Waals surface area contributed by atoms with Crippen LogP contribution in [-0.2, 0) is 11.2 Å². The molecule has 4 heteroatoms. The fraction of sp³-hybridized carbons (Fsp3) is 0.562. The van der Waals surface area contributed by atoms with Crippen molar-refractivity contribution in [1.82, 2.24) is 10.6 Å². The van der Waals surface area contributed by atoms with Crippen LogP contribution in [0.2, 0.25) is 0 Å². The van der Waals surface area contributed by atoms with Gasteiger partial charge in [-0.15, -0.1) is 0 Å². The van der Waals surface area contributed by atoms with Gasteiger partial charge < -0.3 is 10.6 Å². The molecule has 2 N–H and O–H groups in total. The van der Waals surface area contributed by atoms with Crippen LogP contribution in [0.15, 0.2) is 24.3 Å². The lowest BCUT2D eigenvalue weighted by Gasteiger charge is -2.28. The third-order valence-corrected chi connectivity index (χ3v) is 5.85. The standard InChI is InChI=1S/C16H22N2OS/c1-16(8-4-10-20-16)11-18-15(19)14-13-6-3-2-5-12(13)7-9-17-14/h2-3,5-6,14,17H,4,7-11H2,1H3,(H,18,19). The van der Waals surface area contributed by atoms with Crippen molar-refractivity contribution >= 4 is 17.7 Å². The minimum absolute atomic E-state index is 0.117. The summed E-state index contributed by atoms with van der Waals surface area (Å²) in [5.74, 6) is 1.34. The summed E-state index contributed by atoms with van der Waals surface area (Å²) in [6, 6.07) is 8.08. The van der Waals surface area contributed by atoms with Gasteiger partial charge in [0.1, 0.15) is 6.04 Å². The molecule has 2 unspecified atom stereocenters. The third-order valence-electron chi connectivity index (χ3n) is 4.31. The normalized spacial score (nSPS) is 28.9. The van der Waals surface area contributed by atoms with Crippen molar-refractivity contribution in [2.75, 3.05) is 18.8 Å². The highest BCUT2D eigenvalue weighted by molar-refractivity contribution is 8.00. The summed E-state index contributed by atoms with van der Waals surface area (Å²) in [5, 5.41) is 6.50. The van der Waals surface area contributed by atoms with Gasteiger partial charge in [-0.1, -0.05) is 24.3 Å². The van der Waals surface area contributed by atoms with Crippen molar-refractivity contribution in [3.8, 4) is 0 Å². The van der Waals surface area contributed by atoms with E-state index >= 15 is 0 Å². The van der Waals surface area contributed by atoms with E-state index in [1.54, 1.807) is 0 Å². The van der Waals surface area contributed by atoms with Crippen LogP contribution in [0.3, 0.4) is 0 Å². The summed E-state index contributed by atoms with van der Waals surface area (Å²) >= 11 is 1.98. The number of carbonyl (C=O) groups is 1. The molecule has 1 saturated heterocycles. The van der Waals surface area contributed by atoms with Crippen molar-refractivity contribution in [2.24, 2.45) is 0 Å². The first-order valence-corrected chi connectivity index (χ1v) is 8.39. The Labute approximate surface area is 124 Å². The monoisotopic (exact) mass is 290 g/mol. The van der Waals surface area contributed by atoms with E-state index in [1.807, 2.05) is 17.8 Å². The number of rotatable bonds is 3. The fourth-order valence-electron chi connectivity index (χ4n) is 3.09. The lowest BCUT2D eigenvalue weighted by molar-refractivity contribution is -0.123. The van der Waals surface area contributed by atoms with E-state index in [-0.39, 0.29) is 16.7 Å². The van der Waals surface area contributed by atoms with Gasteiger partial charge >= 0.3 is 0 Å². The van der Waals surface area contributed by atoms with E-state index in [2.05, 4.69) is 35.8 Å². The van der Waals surface area contributed by atoms with Crippen LogP contribution in [0.5, 0.6) is 0 Å². The Bertz CT molecular complexity index is 497. The summed E-state index contributed by atoms with van der Waals surface area (Å²) in [6.07, 6.45) is 3.47. The van der Waals surface area contributed by atoms with Gasteiger partial charge in [0.2, 0.25) is 5.91 Å². The van der Waals surface area contributed by atoms with E-state index < -0.39 is 0 Å². The quantitative estimate of drug-likeness (QED) is 0.897. The van der Waals surface area contributed by atoms with E-state index in [9.17, 15) is 4.79 Å². The molecule has 0 spiro atoms. The van der Waals surface area contributed by atoms with Crippen LogP contribution < -0.4 is 10.6 Å². The Morgan fingerprint density at radius 2 is 2.35 bits per heavy atom. The van der Waals surface area contributed by atoms with Crippen LogP contribution in [0.1, 0.15) is 36.9 Å². The average Bonchev–Trinajstić information content (AvgIpc) is 2.91. The Morgan fingerprint density at radius 3 is 3.15 bits per heavy atom. The molecule has 2 atom stereocenters. The molecule has 1 aromatic rings. The molecule has 1 aromatic carbocycles. The summed E-state index contributed by atoms with van der Waals surface area (Å²) in [4.78, 5) is 12.5. The molecule has 0 aromatic heterocycles. The number of hydrogen-bond donors (Lipinski definition) is 2. The number of fused-ring (bicyclic) bond motifs is 1. The van der Waals surface area contributed by atoms with Crippen LogP contribution in [-0.4, -0.2) is 29.5 Å². The van der Waals surface area contributed by atoms with E-state index in [0.29, 0.717) is 0 Å². The molecule has 3 rings (SSSR count). The second kappa shape index (κ2) is 5.78. The number of amides is 1. The van der Waals surface area contributed by atoms with Crippen LogP contribution in [0.25, 0.3) is 0 Å². The number of benzene rings is 1. The SMILES string of the molecule is CC1(CNC(=O)C2NCCc3ccccc32)CCCS1. The maximum Gasteiger partial charge on any atom is 0.241 e. The minimum Gasteiger partial charge on any atom is -0.353 e. The molecule has 0 saturated carbocycles. The van der Waals surface area contributed by atoms with Crippen LogP contribution in [0.4, 0.5) is 0 Å². The first-order valence-electron chi connectivity index (χ1n) is 7.41. The topological polar surface area (TPSA) is 41.1 Å². The first-order chi connectivity index (χ1) is 9.68. The predicted molar refractivity (Wildman–Crippen MR) is 84.0 cm³/mol. The van der Waals surface area contributed by atoms with Crippen molar-refractivity contribution < 1.29 is 4.79 Å². The fourth-order valence-corrected chi connectivity index (χ4v) is 4.34. The maximum absolute atomic E-state index is 12.5. The molecule has 2 aliphatic heterocycles. The van der Waals surface area contributed by atoms with Gasteiger partial charge in [-0.3, -0.25) is 4.79 Å². The van der Waals surface area contributed by atoms with Crippen molar-refractivity contribution in [2.45, 2.75) is 37.0 Å². The van der Waals surface area contributed by atoms with Gasteiger partial charge in [-0.05, 0) is 43.1 Å². The first kappa shape index (κ1) is 14.0. The lowest BCUT2D eigenvalue weighted by Crippen LogP contribution is -2.45. The molecule has 0 bridgehead atoms. The third kappa shape index (κ3) is 2.86. The molecule has 20 heavy (non-hydrogen) atoms. The Kier molecular flexibility index (Phi) is 4.03. The molecule has 2 heterocycles. The van der Waals surface area contributed by atoms with Gasteiger partial charge in [-0.2, -0.15) is 11.8 Å². The maximum atomic E-state index is 12.5. The summed E-state index contributed by atoms with van der Waals surface area (Å²) < 4.78 is 0.226. The second-order valence-electron chi connectivity index (χ2n) is 5.96. The molecule has 1 amide bonds. The number of thioether (sulfide) groups is 1. The Morgan fingerprint density at radius 1 is 1.50 bits per heavy atom. The van der Waals surface area contributed by atoms with Crippen molar-refractivity contribution in [1.29, 1.82) is 0 Å². The smallest absolute Gasteiger partial charge is 0.241 e. The zero-order chi connectivity index (χ0) is 14.0. The zero-order valence-electron chi connectivity index (χ0n) is 11.9. The van der Waals surface area contributed by atoms with E-state index in [0.717, 1.165) is 25.1 Å². The van der Waals surface area contributed by atoms with Gasteiger partial charge in [0.25, 0.3) is 0 Å². The van der Waals surface area contributed by atoms with Gasteiger partial charge in [0, 0.05) is 17.8 Å². The van der Waals surface area contributed by atoms with Crippen LogP contribution in [0, 0.1) is 0 Å². The highest BCUT2D eigenvalue weighted by Crippen LogP contribution is 2.37. The molecule has 108 valence electrons. The molecule has 3 nitrogen and oxygen atoms in total. The minimum atomic E-state index is -0.185. The predicted octanol–water partition coefficient (Wildman–Crippen LogP) is 2.28. The Hall–Kier alpha value is -1.00. The highest BCUT2D eigenvalue weighted by atomic mass is 32.2. The van der Waals surface area contributed by atoms with E-state index in [4.69, 9.17) is 0 Å². The molecule has 2 aliphatic rings. The number of carbonyl (C=O) groups excluding carboxylic acids is 1. The summed E-state index contributed by atoms with van der Waals surface area (Å²) in [6.45, 7) is 3.91. The largest absolute Gasteiger partial charge is 0.353 e. The molecule has 0 radical (unpaired) electrons. The number of nitrogens with one attached hydrogen (secondary N) is 2. The van der Waals surface area contributed by atoms with Crippen LogP contribution >= 0.6 is 11.8 Å². The lowest BCUT2D eigenvalue weighted by atomic mass is 9.94. The van der Waals surface area contributed by atoms with E-state index in [1.165, 1.54) is 24.2 Å². The van der Waals surface area contributed by atoms with Gasteiger partial charge in [0.15, 0.2) is 0 Å². The summed E-state index contributed by atoms with van der Waals surface area (Å²) in [5.41, 5.74) is 2.44. The van der Waals surface area contributed by atoms with Crippen molar-refractivity contribution in [3.05, 3.63) is 35.4 Å². The molecular weight excluding hydrogens is 268 g/mol. The molecule has 1 fully saturated rings. The second-order valence-corrected chi connectivity index (χ2v) is 7.64.